The number of benzene rings is 2. The molecule has 0 bridgehead atoms. The fourth-order valence-electron chi connectivity index (χ4n) is 2.16. The summed E-state index contributed by atoms with van der Waals surface area (Å²) >= 11 is 0. The Morgan fingerprint density at radius 2 is 1.60 bits per heavy atom. The molecule has 1 aliphatic heterocycles. The first kappa shape index (κ1) is 12.7. The first-order chi connectivity index (χ1) is 9.60. The van der Waals surface area contributed by atoms with E-state index in [1.54, 1.807) is 36.4 Å². The molecule has 20 heavy (non-hydrogen) atoms. The minimum absolute atomic E-state index is 0.0921. The first-order valence-corrected chi connectivity index (χ1v) is 7.62. The molecule has 1 unspecified atom stereocenters. The van der Waals surface area contributed by atoms with Crippen molar-refractivity contribution in [1.82, 2.24) is 0 Å². The van der Waals surface area contributed by atoms with Gasteiger partial charge in [-0.05, 0) is 18.2 Å². The van der Waals surface area contributed by atoms with E-state index in [1.807, 2.05) is 6.07 Å². The van der Waals surface area contributed by atoms with Crippen molar-refractivity contribution in [3.05, 3.63) is 60.2 Å². The maximum atomic E-state index is 12.3. The van der Waals surface area contributed by atoms with E-state index < -0.39 is 20.9 Å². The number of aliphatic imine (C=N–C) groups is 1. The lowest BCUT2D eigenvalue weighted by molar-refractivity contribution is 0.101. The summed E-state index contributed by atoms with van der Waals surface area (Å²) in [5.41, 5.74) is 0.864. The van der Waals surface area contributed by atoms with Crippen LogP contribution in [0.1, 0.15) is 10.4 Å². The van der Waals surface area contributed by atoms with Crippen LogP contribution in [0.3, 0.4) is 0 Å². The van der Waals surface area contributed by atoms with Crippen LogP contribution < -0.4 is 0 Å². The highest BCUT2D eigenvalue weighted by Gasteiger charge is 2.42. The van der Waals surface area contributed by atoms with E-state index in [1.165, 1.54) is 18.3 Å². The standard InChI is InChI=1S/C15H11NO3S/c17-15-12-8-4-5-9-13(12)20(18,19)14(15)10-16-11-6-2-1-3-7-11/h1-10,14H. The largest absolute Gasteiger partial charge is 0.292 e. The highest BCUT2D eigenvalue weighted by Crippen LogP contribution is 2.30. The fraction of sp³-hybridized carbons (Fsp3) is 0.0667. The summed E-state index contributed by atoms with van der Waals surface area (Å²) in [6.45, 7) is 0. The van der Waals surface area contributed by atoms with Crippen LogP contribution in [0.15, 0.2) is 64.5 Å². The van der Waals surface area contributed by atoms with Gasteiger partial charge in [-0.3, -0.25) is 9.79 Å². The molecule has 1 atom stereocenters. The molecule has 5 heteroatoms. The van der Waals surface area contributed by atoms with Crippen LogP contribution in [-0.4, -0.2) is 25.7 Å². The Balaban J connectivity index is 2.01. The lowest BCUT2D eigenvalue weighted by Crippen LogP contribution is -2.24. The van der Waals surface area contributed by atoms with Gasteiger partial charge in [-0.25, -0.2) is 8.42 Å². The number of carbonyl (C=O) groups is 1. The molecule has 3 rings (SSSR count). The lowest BCUT2D eigenvalue weighted by Gasteiger charge is -2.01. The highest BCUT2D eigenvalue weighted by molar-refractivity contribution is 7.94. The van der Waals surface area contributed by atoms with Crippen molar-refractivity contribution in [2.24, 2.45) is 4.99 Å². The molecule has 0 radical (unpaired) electrons. The van der Waals surface area contributed by atoms with Gasteiger partial charge in [0, 0.05) is 11.8 Å². The monoisotopic (exact) mass is 285 g/mol. The number of ketones is 1. The second kappa shape index (κ2) is 4.68. The second-order valence-electron chi connectivity index (χ2n) is 4.44. The van der Waals surface area contributed by atoms with Gasteiger partial charge in [-0.1, -0.05) is 36.4 Å². The molecular weight excluding hydrogens is 274 g/mol. The Labute approximate surface area is 116 Å². The van der Waals surface area contributed by atoms with E-state index in [9.17, 15) is 13.2 Å². The van der Waals surface area contributed by atoms with Crippen LogP contribution in [0.25, 0.3) is 0 Å². The van der Waals surface area contributed by atoms with E-state index in [2.05, 4.69) is 4.99 Å². The highest BCUT2D eigenvalue weighted by atomic mass is 32.2. The predicted octanol–water partition coefficient (Wildman–Crippen LogP) is 2.43. The number of nitrogens with zero attached hydrogens (tertiary/aromatic N) is 1. The summed E-state index contributed by atoms with van der Waals surface area (Å²) in [4.78, 5) is 16.3. The number of hydrogen-bond donors (Lipinski definition) is 0. The number of hydrogen-bond acceptors (Lipinski definition) is 4. The van der Waals surface area contributed by atoms with Gasteiger partial charge in [0.2, 0.25) is 0 Å². The van der Waals surface area contributed by atoms with Crippen molar-refractivity contribution in [3.63, 3.8) is 0 Å². The normalized spacial score (nSPS) is 20.2. The Bertz CT molecular complexity index is 795. The van der Waals surface area contributed by atoms with Gasteiger partial charge in [0.25, 0.3) is 0 Å². The summed E-state index contributed by atoms with van der Waals surface area (Å²) in [7, 11) is -3.66. The summed E-state index contributed by atoms with van der Waals surface area (Å²) in [5.74, 6) is -0.416. The quantitative estimate of drug-likeness (QED) is 0.796. The molecule has 1 heterocycles. The third-order valence-corrected chi connectivity index (χ3v) is 5.14. The number of Topliss-reactive ketones (excluding diaryl/α,β-unsaturated/α-hetero) is 1. The van der Waals surface area contributed by atoms with Crippen LogP contribution in [0.2, 0.25) is 0 Å². The molecule has 0 saturated carbocycles. The van der Waals surface area contributed by atoms with Gasteiger partial charge in [-0.15, -0.1) is 0 Å². The fourth-order valence-corrected chi connectivity index (χ4v) is 3.81. The summed E-state index contributed by atoms with van der Waals surface area (Å²) in [5, 5.41) is -1.22. The van der Waals surface area contributed by atoms with Crippen LogP contribution >= 0.6 is 0 Å². The number of fused-ring (bicyclic) bond motifs is 1. The molecule has 100 valence electrons. The van der Waals surface area contributed by atoms with Crippen LogP contribution in [0.4, 0.5) is 5.69 Å². The molecule has 0 fully saturated rings. The minimum atomic E-state index is -3.66. The first-order valence-electron chi connectivity index (χ1n) is 6.07. The van der Waals surface area contributed by atoms with E-state index in [0.717, 1.165) is 0 Å². The molecule has 0 saturated heterocycles. The Morgan fingerprint density at radius 3 is 2.30 bits per heavy atom. The van der Waals surface area contributed by atoms with Crippen molar-refractivity contribution in [2.45, 2.75) is 10.1 Å². The van der Waals surface area contributed by atoms with Crippen molar-refractivity contribution in [2.75, 3.05) is 0 Å². The summed E-state index contributed by atoms with van der Waals surface area (Å²) in [6, 6.07) is 15.2. The Morgan fingerprint density at radius 1 is 0.950 bits per heavy atom. The van der Waals surface area contributed by atoms with Crippen molar-refractivity contribution < 1.29 is 13.2 Å². The van der Waals surface area contributed by atoms with Gasteiger partial charge in [0.15, 0.2) is 20.9 Å². The third-order valence-electron chi connectivity index (χ3n) is 3.17. The number of para-hydroxylation sites is 1. The molecule has 2 aromatic carbocycles. The maximum Gasteiger partial charge on any atom is 0.194 e. The van der Waals surface area contributed by atoms with E-state index in [-0.39, 0.29) is 10.5 Å². The molecule has 0 aromatic heterocycles. The predicted molar refractivity (Wildman–Crippen MR) is 76.3 cm³/mol. The number of sulfone groups is 1. The zero-order valence-electron chi connectivity index (χ0n) is 10.4. The zero-order valence-corrected chi connectivity index (χ0v) is 11.2. The smallest absolute Gasteiger partial charge is 0.194 e. The molecule has 0 N–H and O–H groups in total. The molecule has 0 spiro atoms. The topological polar surface area (TPSA) is 63.6 Å². The number of carbonyl (C=O) groups excluding carboxylic acids is 1. The Hall–Kier alpha value is -2.27. The van der Waals surface area contributed by atoms with Gasteiger partial charge >= 0.3 is 0 Å². The minimum Gasteiger partial charge on any atom is -0.292 e. The van der Waals surface area contributed by atoms with Crippen LogP contribution in [0.5, 0.6) is 0 Å². The lowest BCUT2D eigenvalue weighted by atomic mass is 10.1. The molecule has 0 amide bonds. The third kappa shape index (κ3) is 1.96. The van der Waals surface area contributed by atoms with Crippen LogP contribution in [0, 0.1) is 0 Å². The SMILES string of the molecule is O=C1c2ccccc2S(=O)(=O)C1C=Nc1ccccc1. The molecule has 4 nitrogen and oxygen atoms in total. The van der Waals surface area contributed by atoms with Crippen molar-refractivity contribution in [3.8, 4) is 0 Å². The van der Waals surface area contributed by atoms with E-state index in [0.29, 0.717) is 5.69 Å². The average Bonchev–Trinajstić information content (AvgIpc) is 2.66. The summed E-state index contributed by atoms with van der Waals surface area (Å²) < 4.78 is 24.6. The van der Waals surface area contributed by atoms with Gasteiger partial charge in [-0.2, -0.15) is 0 Å². The second-order valence-corrected chi connectivity index (χ2v) is 6.48. The van der Waals surface area contributed by atoms with Gasteiger partial charge < -0.3 is 0 Å². The van der Waals surface area contributed by atoms with Crippen molar-refractivity contribution in [1.29, 1.82) is 0 Å². The molecule has 2 aromatic rings. The maximum absolute atomic E-state index is 12.3. The molecule has 0 aliphatic carbocycles. The van der Waals surface area contributed by atoms with E-state index in [4.69, 9.17) is 0 Å². The molecular formula is C15H11NO3S. The zero-order chi connectivity index (χ0) is 14.2. The Kier molecular flexibility index (Phi) is 2.99. The average molecular weight is 285 g/mol. The van der Waals surface area contributed by atoms with Crippen molar-refractivity contribution >= 4 is 27.5 Å². The van der Waals surface area contributed by atoms with Crippen LogP contribution in [-0.2, 0) is 9.84 Å². The molecule has 1 aliphatic rings. The number of rotatable bonds is 2. The van der Waals surface area contributed by atoms with Gasteiger partial charge in [0.1, 0.15) is 0 Å². The summed E-state index contributed by atoms with van der Waals surface area (Å²) in [6.07, 6.45) is 1.22. The van der Waals surface area contributed by atoms with Gasteiger partial charge in [0.05, 0.1) is 10.6 Å². The van der Waals surface area contributed by atoms with E-state index >= 15 is 0 Å².